The van der Waals surface area contributed by atoms with E-state index in [9.17, 15) is 4.79 Å². The molecule has 0 radical (unpaired) electrons. The van der Waals surface area contributed by atoms with Crippen LogP contribution in [0, 0.1) is 0 Å². The van der Waals surface area contributed by atoms with Crippen LogP contribution in [0.1, 0.15) is 34.8 Å². The van der Waals surface area contributed by atoms with Crippen LogP contribution in [-0.2, 0) is 12.8 Å². The Morgan fingerprint density at radius 1 is 1.19 bits per heavy atom. The molecule has 4 nitrogen and oxygen atoms in total. The van der Waals surface area contributed by atoms with E-state index in [1.807, 2.05) is 30.5 Å². The number of aromatic nitrogens is 1. The van der Waals surface area contributed by atoms with Crippen molar-refractivity contribution in [3.05, 3.63) is 70.4 Å². The number of aryl methyl sites for hydroxylation is 1. The molecule has 0 bridgehead atoms. The second-order valence-corrected chi connectivity index (χ2v) is 7.15. The van der Waals surface area contributed by atoms with Crippen LogP contribution in [0.5, 0.6) is 0 Å². The number of H-pyrrole nitrogens is 1. The maximum Gasteiger partial charge on any atom is 0.248 e. The summed E-state index contributed by atoms with van der Waals surface area (Å²) >= 11 is 5.92. The van der Waals surface area contributed by atoms with Gasteiger partial charge in [-0.15, -0.1) is 0 Å². The topological polar surface area (TPSA) is 70.9 Å². The number of halogens is 1. The van der Waals surface area contributed by atoms with Gasteiger partial charge in [0.1, 0.15) is 0 Å². The maximum absolute atomic E-state index is 11.4. The quantitative estimate of drug-likeness (QED) is 0.560. The molecule has 136 valence electrons. The lowest BCUT2D eigenvalue weighted by molar-refractivity contribution is 0.100. The highest BCUT2D eigenvalue weighted by Gasteiger charge is 2.08. The molecule has 1 heterocycles. The Balaban J connectivity index is 1.51. The summed E-state index contributed by atoms with van der Waals surface area (Å²) < 4.78 is 0. The van der Waals surface area contributed by atoms with Crippen LogP contribution in [0.15, 0.2) is 48.7 Å². The molecule has 0 saturated carbocycles. The van der Waals surface area contributed by atoms with E-state index >= 15 is 0 Å². The number of primary amides is 1. The molecule has 0 spiro atoms. The standard InChI is InChI=1S/C21H24ClN3O/c1-14(2-3-15-4-7-18(22)8-5-15)24-11-10-17-13-25-20-9-6-16(21(23)26)12-19(17)20/h4-9,12-14,24-25H,2-3,10-11H2,1H3,(H2,23,26). The van der Waals surface area contributed by atoms with Gasteiger partial charge in [-0.2, -0.15) is 0 Å². The van der Waals surface area contributed by atoms with E-state index in [2.05, 4.69) is 29.4 Å². The highest BCUT2D eigenvalue weighted by Crippen LogP contribution is 2.20. The molecule has 0 saturated heterocycles. The van der Waals surface area contributed by atoms with Crippen molar-refractivity contribution in [1.29, 1.82) is 0 Å². The van der Waals surface area contributed by atoms with E-state index in [0.717, 1.165) is 41.7 Å². The van der Waals surface area contributed by atoms with Crippen molar-refractivity contribution in [3.8, 4) is 0 Å². The molecule has 1 atom stereocenters. The zero-order valence-electron chi connectivity index (χ0n) is 14.9. The summed E-state index contributed by atoms with van der Waals surface area (Å²) in [5.41, 5.74) is 9.46. The maximum atomic E-state index is 11.4. The van der Waals surface area contributed by atoms with Gasteiger partial charge < -0.3 is 16.0 Å². The van der Waals surface area contributed by atoms with Crippen molar-refractivity contribution in [2.45, 2.75) is 32.2 Å². The number of carbonyl (C=O) groups excluding carboxylic acids is 1. The van der Waals surface area contributed by atoms with Gasteiger partial charge in [-0.1, -0.05) is 23.7 Å². The number of benzene rings is 2. The zero-order chi connectivity index (χ0) is 18.5. The molecule has 1 aromatic heterocycles. The normalized spacial score (nSPS) is 12.4. The lowest BCUT2D eigenvalue weighted by Gasteiger charge is -2.13. The molecule has 1 unspecified atom stereocenters. The molecular weight excluding hydrogens is 346 g/mol. The van der Waals surface area contributed by atoms with Gasteiger partial charge in [-0.25, -0.2) is 0 Å². The van der Waals surface area contributed by atoms with Crippen molar-refractivity contribution in [2.75, 3.05) is 6.54 Å². The predicted octanol–water partition coefficient (Wildman–Crippen LogP) is 4.07. The van der Waals surface area contributed by atoms with Crippen LogP contribution in [0.2, 0.25) is 5.02 Å². The Kier molecular flexibility index (Phi) is 5.96. The van der Waals surface area contributed by atoms with Crippen LogP contribution in [0.25, 0.3) is 10.9 Å². The SMILES string of the molecule is CC(CCc1ccc(Cl)cc1)NCCc1c[nH]c2ccc(C(N)=O)cc12. The van der Waals surface area contributed by atoms with Crippen LogP contribution in [0.3, 0.4) is 0 Å². The molecule has 0 aliphatic heterocycles. The number of amides is 1. The number of nitrogens with two attached hydrogens (primary N) is 1. The van der Waals surface area contributed by atoms with Crippen LogP contribution in [0.4, 0.5) is 0 Å². The lowest BCUT2D eigenvalue weighted by Crippen LogP contribution is -2.28. The number of carbonyl (C=O) groups is 1. The first-order valence-electron chi connectivity index (χ1n) is 8.90. The fraction of sp³-hybridized carbons (Fsp3) is 0.286. The first kappa shape index (κ1) is 18.5. The second-order valence-electron chi connectivity index (χ2n) is 6.71. The Morgan fingerprint density at radius 2 is 1.96 bits per heavy atom. The van der Waals surface area contributed by atoms with Crippen molar-refractivity contribution in [2.24, 2.45) is 5.73 Å². The molecule has 3 aromatic rings. The summed E-state index contributed by atoms with van der Waals surface area (Å²) in [7, 11) is 0. The van der Waals surface area contributed by atoms with E-state index in [1.165, 1.54) is 11.1 Å². The summed E-state index contributed by atoms with van der Waals surface area (Å²) in [5.74, 6) is -0.395. The van der Waals surface area contributed by atoms with E-state index in [1.54, 1.807) is 6.07 Å². The molecule has 0 aliphatic rings. The predicted molar refractivity (Wildman–Crippen MR) is 108 cm³/mol. The number of hydrogen-bond acceptors (Lipinski definition) is 2. The molecule has 1 amide bonds. The Hall–Kier alpha value is -2.30. The Labute approximate surface area is 158 Å². The second kappa shape index (κ2) is 8.39. The molecule has 5 heteroatoms. The van der Waals surface area contributed by atoms with Crippen molar-refractivity contribution >= 4 is 28.4 Å². The number of rotatable bonds is 8. The monoisotopic (exact) mass is 369 g/mol. The van der Waals surface area contributed by atoms with Crippen molar-refractivity contribution < 1.29 is 4.79 Å². The summed E-state index contributed by atoms with van der Waals surface area (Å²) in [5, 5.41) is 5.42. The molecular formula is C21H24ClN3O. The summed E-state index contributed by atoms with van der Waals surface area (Å²) in [6.45, 7) is 3.09. The smallest absolute Gasteiger partial charge is 0.248 e. The van der Waals surface area contributed by atoms with Crippen LogP contribution in [-0.4, -0.2) is 23.5 Å². The lowest BCUT2D eigenvalue weighted by atomic mass is 10.1. The van der Waals surface area contributed by atoms with E-state index in [0.29, 0.717) is 11.6 Å². The van der Waals surface area contributed by atoms with E-state index in [4.69, 9.17) is 17.3 Å². The summed E-state index contributed by atoms with van der Waals surface area (Å²) in [6, 6.07) is 14.0. The fourth-order valence-electron chi connectivity index (χ4n) is 3.13. The minimum absolute atomic E-state index is 0.395. The van der Waals surface area contributed by atoms with Crippen molar-refractivity contribution in [1.82, 2.24) is 10.3 Å². The van der Waals surface area contributed by atoms with E-state index in [-0.39, 0.29) is 0 Å². The molecule has 4 N–H and O–H groups in total. The highest BCUT2D eigenvalue weighted by atomic mass is 35.5. The molecule has 0 fully saturated rings. The van der Waals surface area contributed by atoms with Gasteiger partial charge in [0.05, 0.1) is 0 Å². The fourth-order valence-corrected chi connectivity index (χ4v) is 3.25. The minimum atomic E-state index is -0.395. The van der Waals surface area contributed by atoms with Gasteiger partial charge in [0.15, 0.2) is 0 Å². The van der Waals surface area contributed by atoms with Gasteiger partial charge in [0.2, 0.25) is 5.91 Å². The number of hydrogen-bond donors (Lipinski definition) is 3. The average molecular weight is 370 g/mol. The zero-order valence-corrected chi connectivity index (χ0v) is 15.6. The molecule has 2 aromatic carbocycles. The third kappa shape index (κ3) is 4.65. The van der Waals surface area contributed by atoms with Gasteiger partial charge >= 0.3 is 0 Å². The largest absolute Gasteiger partial charge is 0.366 e. The van der Waals surface area contributed by atoms with Crippen LogP contribution < -0.4 is 11.1 Å². The first-order chi connectivity index (χ1) is 12.5. The third-order valence-corrected chi connectivity index (χ3v) is 4.97. The molecule has 26 heavy (non-hydrogen) atoms. The minimum Gasteiger partial charge on any atom is -0.366 e. The van der Waals surface area contributed by atoms with Gasteiger partial charge in [0.25, 0.3) is 0 Å². The average Bonchev–Trinajstić information content (AvgIpc) is 3.03. The highest BCUT2D eigenvalue weighted by molar-refractivity contribution is 6.30. The first-order valence-corrected chi connectivity index (χ1v) is 9.28. The molecule has 3 rings (SSSR count). The van der Waals surface area contributed by atoms with Gasteiger partial charge in [-0.05, 0) is 74.2 Å². The van der Waals surface area contributed by atoms with Crippen LogP contribution >= 0.6 is 11.6 Å². The third-order valence-electron chi connectivity index (χ3n) is 4.72. The summed E-state index contributed by atoms with van der Waals surface area (Å²) in [4.78, 5) is 14.6. The van der Waals surface area contributed by atoms with Gasteiger partial charge in [0, 0.05) is 33.7 Å². The number of fused-ring (bicyclic) bond motifs is 1. The van der Waals surface area contributed by atoms with Gasteiger partial charge in [-0.3, -0.25) is 4.79 Å². The summed E-state index contributed by atoms with van der Waals surface area (Å²) in [6.07, 6.45) is 5.00. The van der Waals surface area contributed by atoms with E-state index < -0.39 is 5.91 Å². The Morgan fingerprint density at radius 3 is 2.69 bits per heavy atom. The number of aromatic amines is 1. The number of nitrogens with one attached hydrogen (secondary N) is 2. The Bertz CT molecular complexity index is 886. The van der Waals surface area contributed by atoms with Crippen molar-refractivity contribution in [3.63, 3.8) is 0 Å². The molecule has 0 aliphatic carbocycles.